The van der Waals surface area contributed by atoms with E-state index in [0.717, 1.165) is 33.5 Å². The van der Waals surface area contributed by atoms with E-state index in [0.29, 0.717) is 23.4 Å². The fourth-order valence-corrected chi connectivity index (χ4v) is 6.86. The summed E-state index contributed by atoms with van der Waals surface area (Å²) < 4.78 is 79.5. The van der Waals surface area contributed by atoms with Gasteiger partial charge in [0.15, 0.2) is 0 Å². The van der Waals surface area contributed by atoms with Crippen LogP contribution in [-0.2, 0) is 38.9 Å². The minimum absolute atomic E-state index is 0. The third-order valence-electron chi connectivity index (χ3n) is 9.85. The van der Waals surface area contributed by atoms with Gasteiger partial charge in [0.1, 0.15) is 0 Å². The molecule has 2 heterocycles. The molecule has 0 saturated carbocycles. The number of rotatable bonds is 10. The van der Waals surface area contributed by atoms with Crippen molar-refractivity contribution < 1.29 is 46.4 Å². The van der Waals surface area contributed by atoms with Crippen molar-refractivity contribution >= 4 is 0 Å². The SMILES string of the molecule is CCCCCCc1cccc(-c2cc[c-]c(-c3ccccn3)c2)c1.Cc1cccc(C)c1-c1ccc(-c2[c-]ccc(-c3cc(C(F)(F)F)cc(C(F)(F)F)c3)c2)nc1.[Ir]. The number of aryl methyl sites for hydroxylation is 3. The molecule has 7 rings (SSSR count). The van der Waals surface area contributed by atoms with Gasteiger partial charge in [-0.3, -0.25) is 0 Å². The van der Waals surface area contributed by atoms with E-state index in [4.69, 9.17) is 0 Å². The van der Waals surface area contributed by atoms with Crippen molar-refractivity contribution in [2.75, 3.05) is 0 Å². The number of hydrogen-bond donors (Lipinski definition) is 0. The molecule has 305 valence electrons. The van der Waals surface area contributed by atoms with Gasteiger partial charge in [0.25, 0.3) is 0 Å². The van der Waals surface area contributed by atoms with Gasteiger partial charge in [0.05, 0.1) is 11.1 Å². The summed E-state index contributed by atoms with van der Waals surface area (Å²) in [4.78, 5) is 8.89. The number of unbranched alkanes of at least 4 members (excludes halogenated alkanes) is 3. The summed E-state index contributed by atoms with van der Waals surface area (Å²) in [6, 6.07) is 43.0. The summed E-state index contributed by atoms with van der Waals surface area (Å²) in [6.07, 6.45) is 0.0853. The first-order valence-electron chi connectivity index (χ1n) is 19.2. The quantitative estimate of drug-likeness (QED) is 0.0775. The summed E-state index contributed by atoms with van der Waals surface area (Å²) in [5, 5.41) is 0. The number of benzene rings is 5. The number of nitrogens with zero attached hydrogens (tertiary/aromatic N) is 2. The third-order valence-corrected chi connectivity index (χ3v) is 9.85. The van der Waals surface area contributed by atoms with E-state index in [2.05, 4.69) is 65.4 Å². The van der Waals surface area contributed by atoms with Crippen LogP contribution >= 0.6 is 0 Å². The Morgan fingerprint density at radius 3 is 1.68 bits per heavy atom. The zero-order chi connectivity index (χ0) is 41.3. The maximum absolute atomic E-state index is 13.2. The molecular weight excluding hydrogens is 935 g/mol. The van der Waals surface area contributed by atoms with Gasteiger partial charge in [0.2, 0.25) is 0 Å². The number of halogens is 6. The molecule has 0 N–H and O–H groups in total. The molecule has 9 heteroatoms. The van der Waals surface area contributed by atoms with Gasteiger partial charge < -0.3 is 9.97 Å². The molecule has 0 aliphatic rings. The van der Waals surface area contributed by atoms with Gasteiger partial charge in [-0.2, -0.15) is 26.3 Å². The van der Waals surface area contributed by atoms with Crippen molar-refractivity contribution in [1.29, 1.82) is 0 Å². The number of pyridine rings is 2. The molecule has 0 aliphatic heterocycles. The Bertz CT molecular complexity index is 2390. The standard InChI is InChI=1S/C27H18F6N.C23H24N.Ir/c1-16-5-3-6-17(2)25(16)20-9-10-24(34-15-20)19-8-4-7-18(11-19)21-12-22(26(28,29)30)14-23(13-21)27(31,32)33;1-2-3-4-5-10-19-11-8-12-20(17-19)21-13-9-14-22(18-21)23-15-6-7-16-24-23;/h3-7,9-15H,1-2H3;6-9,11-13,15-18H,2-5,10H2,1H3;/q2*-1;. The number of aromatic nitrogens is 2. The van der Waals surface area contributed by atoms with Crippen LogP contribution in [0.3, 0.4) is 0 Å². The molecule has 5 aromatic carbocycles. The predicted molar refractivity (Wildman–Crippen MR) is 221 cm³/mol. The van der Waals surface area contributed by atoms with Gasteiger partial charge in [-0.05, 0) is 101 Å². The monoisotopic (exact) mass is 977 g/mol. The maximum atomic E-state index is 13.2. The molecular formula is C50H42F6IrN2-2. The topological polar surface area (TPSA) is 25.8 Å². The fourth-order valence-electron chi connectivity index (χ4n) is 6.86. The smallest absolute Gasteiger partial charge is 0.305 e. The first kappa shape index (κ1) is 44.7. The normalized spacial score (nSPS) is 11.3. The first-order chi connectivity index (χ1) is 27.8. The molecule has 0 spiro atoms. The summed E-state index contributed by atoms with van der Waals surface area (Å²) in [5.41, 5.74) is 8.33. The average molecular weight is 977 g/mol. The second kappa shape index (κ2) is 20.1. The fraction of sp³-hybridized carbons (Fsp3) is 0.200. The van der Waals surface area contributed by atoms with Crippen molar-refractivity contribution in [2.24, 2.45) is 0 Å². The van der Waals surface area contributed by atoms with E-state index in [9.17, 15) is 26.3 Å². The van der Waals surface area contributed by atoms with E-state index < -0.39 is 23.5 Å². The van der Waals surface area contributed by atoms with Crippen LogP contribution in [0.25, 0.3) is 55.9 Å². The first-order valence-corrected chi connectivity index (χ1v) is 19.2. The Kier molecular flexibility index (Phi) is 15.2. The molecule has 0 atom stereocenters. The van der Waals surface area contributed by atoms with Gasteiger partial charge in [-0.25, -0.2) is 0 Å². The van der Waals surface area contributed by atoms with Crippen molar-refractivity contribution in [1.82, 2.24) is 9.97 Å². The second-order valence-electron chi connectivity index (χ2n) is 14.2. The number of alkyl halides is 6. The predicted octanol–water partition coefficient (Wildman–Crippen LogP) is 14.9. The Hall–Kier alpha value is -5.37. The van der Waals surface area contributed by atoms with Crippen molar-refractivity contribution in [3.63, 3.8) is 0 Å². The molecule has 0 bridgehead atoms. The van der Waals surface area contributed by atoms with Gasteiger partial charge in [0, 0.05) is 32.5 Å². The van der Waals surface area contributed by atoms with Gasteiger partial charge in [-0.1, -0.05) is 92.9 Å². The van der Waals surface area contributed by atoms with E-state index in [1.807, 2.05) is 68.6 Å². The molecule has 0 fully saturated rings. The summed E-state index contributed by atoms with van der Waals surface area (Å²) in [6.45, 7) is 6.25. The molecule has 0 unspecified atom stereocenters. The van der Waals surface area contributed by atoms with E-state index in [-0.39, 0.29) is 37.3 Å². The largest absolute Gasteiger partial charge is 0.416 e. The molecule has 59 heavy (non-hydrogen) atoms. The third kappa shape index (κ3) is 11.9. The van der Waals surface area contributed by atoms with Crippen LogP contribution < -0.4 is 0 Å². The maximum Gasteiger partial charge on any atom is 0.416 e. The summed E-state index contributed by atoms with van der Waals surface area (Å²) in [7, 11) is 0. The molecule has 7 aromatic rings. The van der Waals surface area contributed by atoms with E-state index in [1.54, 1.807) is 12.3 Å². The molecule has 0 amide bonds. The number of hydrogen-bond acceptors (Lipinski definition) is 2. The zero-order valence-electron chi connectivity index (χ0n) is 32.8. The van der Waals surface area contributed by atoms with Gasteiger partial charge in [-0.15, -0.1) is 70.8 Å². The van der Waals surface area contributed by atoms with E-state index >= 15 is 0 Å². The minimum Gasteiger partial charge on any atom is -0.305 e. The van der Waals surface area contributed by atoms with Crippen molar-refractivity contribution in [3.05, 3.63) is 180 Å². The summed E-state index contributed by atoms with van der Waals surface area (Å²) in [5.74, 6) is 0. The molecule has 0 aliphatic carbocycles. The van der Waals surface area contributed by atoms with Crippen LogP contribution in [0.15, 0.2) is 140 Å². The van der Waals surface area contributed by atoms with E-state index in [1.165, 1.54) is 67.0 Å². The Morgan fingerprint density at radius 2 is 1.12 bits per heavy atom. The zero-order valence-corrected chi connectivity index (χ0v) is 35.2. The molecule has 0 saturated heterocycles. The molecule has 2 nitrogen and oxygen atoms in total. The van der Waals surface area contributed by atoms with Crippen LogP contribution in [0.5, 0.6) is 0 Å². The molecule has 1 radical (unpaired) electrons. The second-order valence-corrected chi connectivity index (χ2v) is 14.2. The Morgan fingerprint density at radius 1 is 0.525 bits per heavy atom. The summed E-state index contributed by atoms with van der Waals surface area (Å²) >= 11 is 0. The van der Waals surface area contributed by atoms with Crippen LogP contribution in [0.4, 0.5) is 26.3 Å². The van der Waals surface area contributed by atoms with Gasteiger partial charge >= 0.3 is 12.4 Å². The molecule has 2 aromatic heterocycles. The minimum atomic E-state index is -4.91. The van der Waals surface area contributed by atoms with Crippen LogP contribution in [0, 0.1) is 26.0 Å². The van der Waals surface area contributed by atoms with Crippen LogP contribution in [0.1, 0.15) is 60.4 Å². The Balaban J connectivity index is 0.000000233. The van der Waals surface area contributed by atoms with Crippen LogP contribution in [-0.4, -0.2) is 9.97 Å². The average Bonchev–Trinajstić information content (AvgIpc) is 3.23. The van der Waals surface area contributed by atoms with Crippen molar-refractivity contribution in [3.8, 4) is 55.9 Å². The Labute approximate surface area is 355 Å². The van der Waals surface area contributed by atoms with Crippen LogP contribution in [0.2, 0.25) is 0 Å². The van der Waals surface area contributed by atoms with Crippen molar-refractivity contribution in [2.45, 2.75) is 65.2 Å².